The van der Waals surface area contributed by atoms with Gasteiger partial charge in [-0.25, -0.2) is 0 Å². The predicted molar refractivity (Wildman–Crippen MR) is 278 cm³/mol. The summed E-state index contributed by atoms with van der Waals surface area (Å²) in [5, 5.41) is 93.9. The van der Waals surface area contributed by atoms with Gasteiger partial charge in [-0.3, -0.25) is 9.97 Å². The molecule has 22 nitrogen and oxygen atoms in total. The van der Waals surface area contributed by atoms with Gasteiger partial charge < -0.3 is 90.2 Å². The van der Waals surface area contributed by atoms with Gasteiger partial charge in [-0.2, -0.15) is 10.5 Å². The molecule has 2 aromatic rings. The quantitative estimate of drug-likeness (QED) is 0.340. The Balaban J connectivity index is -0.0000000414. The summed E-state index contributed by atoms with van der Waals surface area (Å²) in [7, 11) is 0. The SMILES string of the molecule is CC#N.CC#N.CC(C)(C)C(=O)[O-].CC(C)(C)C(=O)[O-].CC(C)(C)C(=O)[O-].CC(C)(C)C(=O)[O-].CC(C)(C)C(=O)[O-].CC(C)(C)C(=O)[O-].CC(C)(C)C(=O)[O-].CC(C)(C)C(=O)[O-].Cc1ccccn1.Cc1ccccn1.[Fe+3].[Fe+3].[Fe+3].[Fe+3].[O-2].[O-2]. The largest absolute Gasteiger partial charge is 3.00 e. The number of carbonyl (C=O) groups excluding carboxylic acids is 8. The standard InChI is InChI=1S/2C6H7N.8C5H10O2.2C2H3N.4Fe.2O/c2*1-6-4-2-3-5-7-6;8*1-5(2,3)4(6)7;2*1-2-3;;;;;;/h2*2-5H,1H3;8*1-3H3,(H,6,7);2*1H3;;;;;;/q;;;;;;;;;;;;4*+3;2*-2/p-8. The van der Waals surface area contributed by atoms with Gasteiger partial charge in [0.2, 0.25) is 0 Å². The number of aromatic nitrogens is 2. The van der Waals surface area contributed by atoms with E-state index in [1.807, 2.05) is 50.2 Å². The first kappa shape index (κ1) is 120. The number of aryl methyl sites for hydroxylation is 2. The summed E-state index contributed by atoms with van der Waals surface area (Å²) in [6, 6.07) is 15.2. The van der Waals surface area contributed by atoms with E-state index in [-0.39, 0.29) is 79.2 Å². The van der Waals surface area contributed by atoms with Crippen LogP contribution in [0.15, 0.2) is 48.8 Å². The molecular weight excluding hydrogens is 1240 g/mol. The van der Waals surface area contributed by atoms with Gasteiger partial charge in [0.05, 0.1) is 12.1 Å². The average Bonchev–Trinajstić information content (AvgIpc) is 3.18. The molecule has 0 saturated heterocycles. The maximum Gasteiger partial charge on any atom is 3.00 e. The maximum atomic E-state index is 9.91. The average molecular weight is 1330 g/mol. The molecule has 0 N–H and O–H groups in total. The molecule has 0 aliphatic carbocycles. The smallest absolute Gasteiger partial charge is 2.00 e. The Bertz CT molecular complexity index is 1670. The van der Waals surface area contributed by atoms with E-state index < -0.39 is 91.1 Å². The van der Waals surface area contributed by atoms with Gasteiger partial charge in [0.1, 0.15) is 0 Å². The van der Waals surface area contributed by atoms with Gasteiger partial charge in [0.15, 0.2) is 0 Å². The Kier molecular flexibility index (Phi) is 86.3. The summed E-state index contributed by atoms with van der Waals surface area (Å²) in [6.45, 7) is 45.2. The second kappa shape index (κ2) is 59.2. The molecule has 0 aliphatic rings. The molecule has 4 radical (unpaired) electrons. The van der Waals surface area contributed by atoms with Crippen LogP contribution in [-0.2, 0) is 118 Å². The van der Waals surface area contributed by atoms with Crippen molar-refractivity contribution < 1.29 is 158 Å². The van der Waals surface area contributed by atoms with Gasteiger partial charge in [0.25, 0.3) is 0 Å². The van der Waals surface area contributed by atoms with Crippen LogP contribution in [0.1, 0.15) is 191 Å². The van der Waals surface area contributed by atoms with Crippen LogP contribution < -0.4 is 40.9 Å². The maximum absolute atomic E-state index is 9.91. The second-order valence-electron chi connectivity index (χ2n) is 23.7. The van der Waals surface area contributed by atoms with Crippen molar-refractivity contribution in [3.05, 3.63) is 60.2 Å². The molecule has 0 spiro atoms. The van der Waals surface area contributed by atoms with Gasteiger partial charge in [0, 0.05) is 129 Å². The number of rotatable bonds is 0. The number of aliphatic carboxylic acids is 8. The minimum absolute atomic E-state index is 0. The summed E-state index contributed by atoms with van der Waals surface area (Å²) in [5.41, 5.74) is -3.41. The van der Waals surface area contributed by atoms with E-state index in [2.05, 4.69) is 9.97 Å². The number of nitriles is 2. The Morgan fingerprint density at radius 1 is 0.317 bits per heavy atom. The molecule has 0 saturated carbocycles. The Hall–Kier alpha value is -4.96. The monoisotopic (exact) mass is 1330 g/mol. The van der Waals surface area contributed by atoms with E-state index >= 15 is 0 Å². The van der Waals surface area contributed by atoms with Crippen LogP contribution in [-0.4, -0.2) is 57.7 Å². The van der Waals surface area contributed by atoms with Crippen LogP contribution >= 0.6 is 0 Å². The van der Waals surface area contributed by atoms with Gasteiger partial charge in [-0.1, -0.05) is 178 Å². The number of hydrogen-bond donors (Lipinski definition) is 0. The number of carbonyl (C=O) groups is 8. The van der Waals surface area contributed by atoms with Crippen LogP contribution in [0, 0.1) is 79.8 Å². The van der Waals surface area contributed by atoms with Gasteiger partial charge >= 0.3 is 68.3 Å². The van der Waals surface area contributed by atoms with Crippen LogP contribution in [0.2, 0.25) is 0 Å². The van der Waals surface area contributed by atoms with E-state index in [9.17, 15) is 79.2 Å². The number of hydrogen-bond acceptors (Lipinski definition) is 20. The van der Waals surface area contributed by atoms with Crippen molar-refractivity contribution in [2.75, 3.05) is 0 Å². The topological polar surface area (TPSA) is 451 Å². The molecule has 2 aromatic heterocycles. The Morgan fingerprint density at radius 2 is 0.402 bits per heavy atom. The van der Waals surface area contributed by atoms with Crippen molar-refractivity contribution in [1.29, 1.82) is 10.5 Å². The summed E-state index contributed by atoms with van der Waals surface area (Å²) >= 11 is 0. The molecule has 2 heterocycles. The zero-order valence-electron chi connectivity index (χ0n) is 53.2. The molecule has 0 atom stereocenters. The van der Waals surface area contributed by atoms with Crippen molar-refractivity contribution >= 4 is 47.8 Å². The first-order valence-electron chi connectivity index (χ1n) is 23.3. The number of nitrogens with zero attached hydrogens (tertiary/aromatic N) is 4. The molecule has 0 aliphatic heterocycles. The second-order valence-corrected chi connectivity index (χ2v) is 23.7. The fourth-order valence-corrected chi connectivity index (χ4v) is 0.896. The van der Waals surface area contributed by atoms with Crippen molar-refractivity contribution in [3.8, 4) is 12.1 Å². The van der Waals surface area contributed by atoms with Crippen molar-refractivity contribution in [1.82, 2.24) is 9.97 Å². The van der Waals surface area contributed by atoms with Crippen molar-refractivity contribution in [2.24, 2.45) is 43.3 Å². The third-order valence-electron chi connectivity index (χ3n) is 6.52. The van der Waals surface area contributed by atoms with E-state index in [0.29, 0.717) is 0 Å². The van der Waals surface area contributed by atoms with Crippen LogP contribution in [0.4, 0.5) is 0 Å². The van der Waals surface area contributed by atoms with E-state index in [0.717, 1.165) is 11.4 Å². The third-order valence-corrected chi connectivity index (χ3v) is 6.52. The molecule has 26 heteroatoms. The molecule has 0 bridgehead atoms. The molecule has 0 unspecified atom stereocenters. The van der Waals surface area contributed by atoms with E-state index in [1.165, 1.54) is 13.8 Å². The first-order chi connectivity index (χ1) is 33.2. The fraction of sp³-hybridized carbons (Fsp3) is 0.643. The third kappa shape index (κ3) is 118. The van der Waals surface area contributed by atoms with Crippen LogP contribution in [0.25, 0.3) is 0 Å². The number of pyridine rings is 2. The molecular formula is C56H92Fe4N4O18. The minimum atomic E-state index is -1.01. The molecule has 0 amide bonds. The normalized spacial score (nSPS) is 9.39. The Labute approximate surface area is 533 Å². The van der Waals surface area contributed by atoms with Gasteiger partial charge in [-0.05, 0) is 38.1 Å². The molecule has 0 fully saturated rings. The molecule has 82 heavy (non-hydrogen) atoms. The first-order valence-corrected chi connectivity index (χ1v) is 23.3. The summed E-state index contributed by atoms with van der Waals surface area (Å²) < 4.78 is 0. The van der Waals surface area contributed by atoms with E-state index in [1.54, 1.807) is 191 Å². The van der Waals surface area contributed by atoms with E-state index in [4.69, 9.17) is 10.5 Å². The van der Waals surface area contributed by atoms with Crippen LogP contribution in [0.3, 0.4) is 0 Å². The number of carboxylic acids is 8. The zero-order chi connectivity index (χ0) is 64.3. The van der Waals surface area contributed by atoms with Crippen molar-refractivity contribution in [2.45, 2.75) is 194 Å². The Morgan fingerprint density at radius 3 is 0.427 bits per heavy atom. The molecule has 476 valence electrons. The molecule has 0 aromatic carbocycles. The fourth-order valence-electron chi connectivity index (χ4n) is 0.896. The summed E-state index contributed by atoms with van der Waals surface area (Å²) in [5.74, 6) is -8.06. The summed E-state index contributed by atoms with van der Waals surface area (Å²) in [6.07, 6.45) is 3.57. The van der Waals surface area contributed by atoms with Crippen molar-refractivity contribution in [3.63, 3.8) is 0 Å². The van der Waals surface area contributed by atoms with Gasteiger partial charge in [-0.15, -0.1) is 0 Å². The molecule has 2 rings (SSSR count). The summed E-state index contributed by atoms with van der Waals surface area (Å²) in [4.78, 5) is 87.2. The predicted octanol–water partition coefficient (Wildman–Crippen LogP) is 1.85. The number of carboxylic acid groups (broad SMARTS) is 8. The zero-order valence-corrected chi connectivity index (χ0v) is 57.6. The van der Waals surface area contributed by atoms with Crippen LogP contribution in [0.5, 0.6) is 0 Å². The minimum Gasteiger partial charge on any atom is -2.00 e.